The van der Waals surface area contributed by atoms with Gasteiger partial charge in [-0.2, -0.15) is 0 Å². The third-order valence-electron chi connectivity index (χ3n) is 4.25. The van der Waals surface area contributed by atoms with Gasteiger partial charge in [-0.25, -0.2) is 4.98 Å². The smallest absolute Gasteiger partial charge is 0.264 e. The number of halogens is 1. The highest BCUT2D eigenvalue weighted by molar-refractivity contribution is 9.10. The van der Waals surface area contributed by atoms with Crippen molar-refractivity contribution in [2.45, 2.75) is 5.16 Å². The molecule has 0 aliphatic carbocycles. The van der Waals surface area contributed by atoms with E-state index in [1.54, 1.807) is 28.8 Å². The number of aromatic nitrogens is 2. The maximum absolute atomic E-state index is 13.2. The zero-order valence-corrected chi connectivity index (χ0v) is 17.1. The normalized spacial score (nSPS) is 10.9. The number of para-hydroxylation sites is 2. The predicted octanol–water partition coefficient (Wildman–Crippen LogP) is 5.46. The molecule has 0 amide bonds. The number of carbonyl (C=O) groups excluding carboxylic acids is 2. The minimum atomic E-state index is -0.170. The number of nitrogens with zero attached hydrogens (tertiary/aromatic N) is 2. The van der Waals surface area contributed by atoms with Gasteiger partial charge in [0, 0.05) is 15.6 Å². The lowest BCUT2D eigenvalue weighted by Crippen LogP contribution is -2.14. The quantitative estimate of drug-likeness (QED) is 0.299. The summed E-state index contributed by atoms with van der Waals surface area (Å²) in [6, 6.07) is 23.8. The third-order valence-corrected chi connectivity index (χ3v) is 5.72. The molecule has 4 nitrogen and oxygen atoms in total. The molecule has 0 aliphatic heterocycles. The molecule has 1 aromatic heterocycles. The van der Waals surface area contributed by atoms with Crippen LogP contribution >= 0.6 is 27.7 Å². The molecule has 0 fully saturated rings. The number of hydrogen-bond acceptors (Lipinski definition) is 4. The van der Waals surface area contributed by atoms with Gasteiger partial charge in [0.05, 0.1) is 16.8 Å². The average Bonchev–Trinajstić information content (AvgIpc) is 3.11. The SMILES string of the molecule is O=C(CSc1nc2ccccc2n1C(=O)c1ccc(Br)cc1)c1ccccc1. The fraction of sp³-hybridized carbons (Fsp3) is 0.0455. The number of imidazole rings is 1. The van der Waals surface area contributed by atoms with Crippen LogP contribution in [0.3, 0.4) is 0 Å². The fourth-order valence-electron chi connectivity index (χ4n) is 2.86. The van der Waals surface area contributed by atoms with Gasteiger partial charge in [0.15, 0.2) is 10.9 Å². The topological polar surface area (TPSA) is 52.0 Å². The van der Waals surface area contributed by atoms with Crippen LogP contribution in [0.25, 0.3) is 11.0 Å². The van der Waals surface area contributed by atoms with Crippen LogP contribution in [0.5, 0.6) is 0 Å². The van der Waals surface area contributed by atoms with Crippen molar-refractivity contribution in [1.82, 2.24) is 9.55 Å². The van der Waals surface area contributed by atoms with E-state index in [2.05, 4.69) is 20.9 Å². The van der Waals surface area contributed by atoms with Crippen LogP contribution in [0.1, 0.15) is 20.7 Å². The molecule has 0 spiro atoms. The first kappa shape index (κ1) is 18.7. The molecule has 0 aliphatic rings. The molecule has 0 bridgehead atoms. The Hall–Kier alpha value is -2.70. The molecule has 1 heterocycles. The Morgan fingerprint density at radius 3 is 2.29 bits per heavy atom. The summed E-state index contributed by atoms with van der Waals surface area (Å²) in [5.41, 5.74) is 2.66. The molecule has 28 heavy (non-hydrogen) atoms. The van der Waals surface area contributed by atoms with Crippen molar-refractivity contribution in [3.63, 3.8) is 0 Å². The van der Waals surface area contributed by atoms with Crippen molar-refractivity contribution in [3.05, 3.63) is 94.5 Å². The number of rotatable bonds is 5. The number of Topliss-reactive ketones (excluding diaryl/α,β-unsaturated/α-hetero) is 1. The Morgan fingerprint density at radius 1 is 0.857 bits per heavy atom. The van der Waals surface area contributed by atoms with E-state index in [9.17, 15) is 9.59 Å². The van der Waals surface area contributed by atoms with Crippen LogP contribution in [0.15, 0.2) is 88.5 Å². The van der Waals surface area contributed by atoms with E-state index in [0.717, 1.165) is 15.5 Å². The highest BCUT2D eigenvalue weighted by atomic mass is 79.9. The van der Waals surface area contributed by atoms with E-state index in [-0.39, 0.29) is 17.4 Å². The van der Waals surface area contributed by atoms with Crippen LogP contribution in [-0.4, -0.2) is 27.0 Å². The summed E-state index contributed by atoms with van der Waals surface area (Å²) in [5.74, 6) is 0.0391. The van der Waals surface area contributed by atoms with Crippen LogP contribution in [0.4, 0.5) is 0 Å². The molecule has 0 saturated heterocycles. The molecule has 0 N–H and O–H groups in total. The summed E-state index contributed by atoms with van der Waals surface area (Å²) in [5, 5.41) is 0.512. The fourth-order valence-corrected chi connectivity index (χ4v) is 4.02. The molecule has 0 radical (unpaired) electrons. The zero-order chi connectivity index (χ0) is 19.5. The van der Waals surface area contributed by atoms with Gasteiger partial charge in [-0.15, -0.1) is 0 Å². The molecule has 6 heteroatoms. The van der Waals surface area contributed by atoms with Crippen molar-refractivity contribution in [3.8, 4) is 0 Å². The Balaban J connectivity index is 1.68. The monoisotopic (exact) mass is 450 g/mol. The first-order valence-corrected chi connectivity index (χ1v) is 10.4. The maximum Gasteiger partial charge on any atom is 0.264 e. The number of hydrogen-bond donors (Lipinski definition) is 0. The molecule has 0 unspecified atom stereocenters. The molecular weight excluding hydrogens is 436 g/mol. The Morgan fingerprint density at radius 2 is 1.54 bits per heavy atom. The van der Waals surface area contributed by atoms with E-state index in [1.807, 2.05) is 54.6 Å². The molecule has 0 saturated carbocycles. The summed E-state index contributed by atoms with van der Waals surface area (Å²) >= 11 is 4.66. The van der Waals surface area contributed by atoms with Crippen molar-refractivity contribution < 1.29 is 9.59 Å². The first-order chi connectivity index (χ1) is 13.6. The number of ketones is 1. The Labute approximate surface area is 174 Å². The summed E-state index contributed by atoms with van der Waals surface area (Å²) in [7, 11) is 0. The summed E-state index contributed by atoms with van der Waals surface area (Å²) in [6.07, 6.45) is 0. The van der Waals surface area contributed by atoms with E-state index in [4.69, 9.17) is 0 Å². The lowest BCUT2D eigenvalue weighted by atomic mass is 10.2. The number of fused-ring (bicyclic) bond motifs is 1. The van der Waals surface area contributed by atoms with Crippen molar-refractivity contribution in [2.24, 2.45) is 0 Å². The molecule has 3 aromatic carbocycles. The second kappa shape index (κ2) is 8.12. The minimum Gasteiger partial charge on any atom is -0.293 e. The zero-order valence-electron chi connectivity index (χ0n) is 14.7. The third kappa shape index (κ3) is 3.79. The van der Waals surface area contributed by atoms with Gasteiger partial charge >= 0.3 is 0 Å². The average molecular weight is 451 g/mol. The molecular formula is C22H15BrN2O2S. The van der Waals surface area contributed by atoms with Gasteiger partial charge in [-0.3, -0.25) is 14.2 Å². The summed E-state index contributed by atoms with van der Waals surface area (Å²) < 4.78 is 2.49. The highest BCUT2D eigenvalue weighted by Gasteiger charge is 2.19. The van der Waals surface area contributed by atoms with Crippen molar-refractivity contribution in [1.29, 1.82) is 0 Å². The van der Waals surface area contributed by atoms with E-state index >= 15 is 0 Å². The maximum atomic E-state index is 13.2. The molecule has 4 aromatic rings. The second-order valence-corrected chi connectivity index (χ2v) is 7.97. The van der Waals surface area contributed by atoms with Gasteiger partial charge in [0.1, 0.15) is 0 Å². The van der Waals surface area contributed by atoms with Crippen LogP contribution in [0, 0.1) is 0 Å². The standard InChI is InChI=1S/C22H15BrN2O2S/c23-17-12-10-16(11-13-17)21(27)25-19-9-5-4-8-18(19)24-22(25)28-14-20(26)15-6-2-1-3-7-15/h1-13H,14H2. The Kier molecular flexibility index (Phi) is 5.41. The minimum absolute atomic E-state index is 0.000275. The van der Waals surface area contributed by atoms with Gasteiger partial charge in [-0.1, -0.05) is 70.2 Å². The van der Waals surface area contributed by atoms with Gasteiger partial charge in [-0.05, 0) is 36.4 Å². The van der Waals surface area contributed by atoms with Crippen LogP contribution in [0.2, 0.25) is 0 Å². The number of thioether (sulfide) groups is 1. The highest BCUT2D eigenvalue weighted by Crippen LogP contribution is 2.26. The number of carbonyl (C=O) groups is 2. The largest absolute Gasteiger partial charge is 0.293 e. The van der Waals surface area contributed by atoms with Gasteiger partial charge in [0.25, 0.3) is 5.91 Å². The molecule has 4 rings (SSSR count). The Bertz CT molecular complexity index is 1150. The van der Waals surface area contributed by atoms with Gasteiger partial charge in [0.2, 0.25) is 0 Å². The lowest BCUT2D eigenvalue weighted by molar-refractivity contribution is 0.0953. The first-order valence-electron chi connectivity index (χ1n) is 8.62. The predicted molar refractivity (Wildman–Crippen MR) is 115 cm³/mol. The van der Waals surface area contributed by atoms with E-state index in [0.29, 0.717) is 16.3 Å². The van der Waals surface area contributed by atoms with Crippen LogP contribution in [-0.2, 0) is 0 Å². The van der Waals surface area contributed by atoms with Crippen molar-refractivity contribution >= 4 is 50.4 Å². The van der Waals surface area contributed by atoms with Crippen molar-refractivity contribution in [2.75, 3.05) is 5.75 Å². The van der Waals surface area contributed by atoms with E-state index < -0.39 is 0 Å². The lowest BCUT2D eigenvalue weighted by Gasteiger charge is -2.08. The van der Waals surface area contributed by atoms with Gasteiger partial charge < -0.3 is 0 Å². The number of benzene rings is 3. The molecule has 0 atom stereocenters. The summed E-state index contributed by atoms with van der Waals surface area (Å²) in [6.45, 7) is 0. The van der Waals surface area contributed by atoms with Crippen LogP contribution < -0.4 is 0 Å². The summed E-state index contributed by atoms with van der Waals surface area (Å²) in [4.78, 5) is 30.2. The second-order valence-electron chi connectivity index (χ2n) is 6.11. The van der Waals surface area contributed by atoms with E-state index in [1.165, 1.54) is 11.8 Å². The molecule has 138 valence electrons.